The zero-order valence-corrected chi connectivity index (χ0v) is 21.5. The van der Waals surface area contributed by atoms with Crippen LogP contribution in [-0.4, -0.2) is 49.9 Å². The van der Waals surface area contributed by atoms with Crippen molar-refractivity contribution in [1.29, 1.82) is 0 Å². The third-order valence-corrected chi connectivity index (χ3v) is 6.58. The SMILES string of the molecule is CCOc1ccc(CNC[C@H]2CC[C@@H](Nc3nc(N(C)C)c4ccccc4n3)CC2)c(OCC)c1. The van der Waals surface area contributed by atoms with Gasteiger partial charge in [-0.05, 0) is 70.2 Å². The molecule has 0 radical (unpaired) electrons. The summed E-state index contributed by atoms with van der Waals surface area (Å²) < 4.78 is 11.5. The van der Waals surface area contributed by atoms with E-state index in [0.717, 1.165) is 60.1 Å². The second-order valence-electron chi connectivity index (χ2n) is 9.41. The van der Waals surface area contributed by atoms with Crippen molar-refractivity contribution in [2.24, 2.45) is 5.92 Å². The second kappa shape index (κ2) is 12.1. The molecule has 35 heavy (non-hydrogen) atoms. The minimum absolute atomic E-state index is 0.415. The van der Waals surface area contributed by atoms with Gasteiger partial charge in [0.15, 0.2) is 0 Å². The van der Waals surface area contributed by atoms with Crippen LogP contribution in [0.4, 0.5) is 11.8 Å². The molecular weight excluding hydrogens is 438 g/mol. The summed E-state index contributed by atoms with van der Waals surface area (Å²) in [5, 5.41) is 8.35. The highest BCUT2D eigenvalue weighted by Gasteiger charge is 2.22. The number of aromatic nitrogens is 2. The molecule has 4 rings (SSSR count). The number of nitrogens with one attached hydrogen (secondary N) is 2. The van der Waals surface area contributed by atoms with Crippen molar-refractivity contribution >= 4 is 22.7 Å². The summed E-state index contributed by atoms with van der Waals surface area (Å²) in [7, 11) is 4.06. The summed E-state index contributed by atoms with van der Waals surface area (Å²) in [6, 6.07) is 14.7. The van der Waals surface area contributed by atoms with Gasteiger partial charge in [0, 0.05) is 43.7 Å². The molecule has 7 heteroatoms. The average Bonchev–Trinajstić information content (AvgIpc) is 2.86. The van der Waals surface area contributed by atoms with E-state index >= 15 is 0 Å². The number of anilines is 2. The monoisotopic (exact) mass is 477 g/mol. The molecule has 7 nitrogen and oxygen atoms in total. The fraction of sp³-hybridized carbons (Fsp3) is 0.500. The number of fused-ring (bicyclic) bond motifs is 1. The molecule has 1 saturated carbocycles. The molecule has 1 heterocycles. The molecule has 0 saturated heterocycles. The first-order valence-corrected chi connectivity index (χ1v) is 12.9. The Hall–Kier alpha value is -3.06. The number of rotatable bonds is 11. The fourth-order valence-corrected chi connectivity index (χ4v) is 4.80. The first-order valence-electron chi connectivity index (χ1n) is 12.9. The Balaban J connectivity index is 1.28. The molecule has 0 unspecified atom stereocenters. The summed E-state index contributed by atoms with van der Waals surface area (Å²) in [5.41, 5.74) is 2.16. The molecule has 0 bridgehead atoms. The molecule has 1 aliphatic carbocycles. The molecule has 3 aromatic rings. The molecule has 0 atom stereocenters. The minimum atomic E-state index is 0.415. The van der Waals surface area contributed by atoms with Crippen LogP contribution in [0.15, 0.2) is 42.5 Å². The Morgan fingerprint density at radius 3 is 2.46 bits per heavy atom. The maximum absolute atomic E-state index is 5.84. The summed E-state index contributed by atoms with van der Waals surface area (Å²) in [6.45, 7) is 7.14. The molecule has 1 aliphatic rings. The van der Waals surface area contributed by atoms with Crippen LogP contribution in [0.3, 0.4) is 0 Å². The van der Waals surface area contributed by atoms with Crippen molar-refractivity contribution in [2.75, 3.05) is 44.1 Å². The zero-order chi connectivity index (χ0) is 24.6. The van der Waals surface area contributed by atoms with Crippen LogP contribution in [0.25, 0.3) is 10.9 Å². The lowest BCUT2D eigenvalue weighted by atomic mass is 9.86. The number of nitrogens with zero attached hydrogens (tertiary/aromatic N) is 3. The van der Waals surface area contributed by atoms with Gasteiger partial charge >= 0.3 is 0 Å². The summed E-state index contributed by atoms with van der Waals surface area (Å²) in [5.74, 6) is 4.13. The summed E-state index contributed by atoms with van der Waals surface area (Å²) >= 11 is 0. The van der Waals surface area contributed by atoms with E-state index in [1.165, 1.54) is 18.4 Å². The largest absolute Gasteiger partial charge is 0.494 e. The predicted molar refractivity (Wildman–Crippen MR) is 144 cm³/mol. The molecule has 2 N–H and O–H groups in total. The molecule has 1 aromatic heterocycles. The van der Waals surface area contributed by atoms with E-state index < -0.39 is 0 Å². The Labute approximate surface area is 209 Å². The van der Waals surface area contributed by atoms with Gasteiger partial charge in [-0.25, -0.2) is 4.98 Å². The van der Waals surface area contributed by atoms with Crippen LogP contribution in [0.2, 0.25) is 0 Å². The summed E-state index contributed by atoms with van der Waals surface area (Å²) in [6.07, 6.45) is 4.65. The topological polar surface area (TPSA) is 71.5 Å². The van der Waals surface area contributed by atoms with Crippen LogP contribution < -0.4 is 25.0 Å². The average molecular weight is 478 g/mol. The molecule has 0 amide bonds. The first-order chi connectivity index (χ1) is 17.1. The smallest absolute Gasteiger partial charge is 0.225 e. The van der Waals surface area contributed by atoms with E-state index in [2.05, 4.69) is 33.7 Å². The van der Waals surface area contributed by atoms with E-state index in [1.807, 2.05) is 52.2 Å². The van der Waals surface area contributed by atoms with Gasteiger partial charge in [0.05, 0.1) is 18.7 Å². The van der Waals surface area contributed by atoms with Gasteiger partial charge in [0.2, 0.25) is 5.95 Å². The quantitative estimate of drug-likeness (QED) is 0.391. The highest BCUT2D eigenvalue weighted by molar-refractivity contribution is 5.90. The van der Waals surface area contributed by atoms with Crippen LogP contribution in [0, 0.1) is 5.92 Å². The van der Waals surface area contributed by atoms with Gasteiger partial charge in [-0.1, -0.05) is 18.2 Å². The molecular formula is C28H39N5O2. The molecule has 2 aromatic carbocycles. The lowest BCUT2D eigenvalue weighted by molar-refractivity contribution is 0.314. The number of hydrogen-bond acceptors (Lipinski definition) is 7. The maximum Gasteiger partial charge on any atom is 0.225 e. The molecule has 0 aliphatic heterocycles. The Morgan fingerprint density at radius 1 is 0.943 bits per heavy atom. The van der Waals surface area contributed by atoms with E-state index in [4.69, 9.17) is 19.4 Å². The Morgan fingerprint density at radius 2 is 1.71 bits per heavy atom. The van der Waals surface area contributed by atoms with Crippen molar-refractivity contribution < 1.29 is 9.47 Å². The zero-order valence-electron chi connectivity index (χ0n) is 21.5. The van der Waals surface area contributed by atoms with Crippen molar-refractivity contribution in [2.45, 2.75) is 52.1 Å². The van der Waals surface area contributed by atoms with Crippen LogP contribution in [-0.2, 0) is 6.54 Å². The van der Waals surface area contributed by atoms with E-state index in [-0.39, 0.29) is 0 Å². The number of ether oxygens (including phenoxy) is 2. The van der Waals surface area contributed by atoms with Gasteiger partial charge < -0.3 is 25.0 Å². The van der Waals surface area contributed by atoms with Gasteiger partial charge in [-0.3, -0.25) is 0 Å². The Bertz CT molecular complexity index is 1100. The van der Waals surface area contributed by atoms with Crippen molar-refractivity contribution in [3.8, 4) is 11.5 Å². The molecule has 1 fully saturated rings. The van der Waals surface area contributed by atoms with Gasteiger partial charge in [-0.2, -0.15) is 4.98 Å². The van der Waals surface area contributed by atoms with Gasteiger partial charge in [-0.15, -0.1) is 0 Å². The third kappa shape index (κ3) is 6.54. The van der Waals surface area contributed by atoms with Gasteiger partial charge in [0.25, 0.3) is 0 Å². The van der Waals surface area contributed by atoms with Crippen molar-refractivity contribution in [3.05, 3.63) is 48.0 Å². The van der Waals surface area contributed by atoms with Crippen LogP contribution in [0.5, 0.6) is 11.5 Å². The molecule has 188 valence electrons. The molecule has 0 spiro atoms. The normalized spacial score (nSPS) is 17.8. The van der Waals surface area contributed by atoms with E-state index in [1.54, 1.807) is 0 Å². The van der Waals surface area contributed by atoms with E-state index in [9.17, 15) is 0 Å². The Kier molecular flexibility index (Phi) is 8.64. The highest BCUT2D eigenvalue weighted by Crippen LogP contribution is 2.29. The van der Waals surface area contributed by atoms with Crippen LogP contribution in [0.1, 0.15) is 45.1 Å². The van der Waals surface area contributed by atoms with Crippen LogP contribution >= 0.6 is 0 Å². The predicted octanol–water partition coefficient (Wildman–Crippen LogP) is 5.25. The second-order valence-corrected chi connectivity index (χ2v) is 9.41. The maximum atomic E-state index is 5.84. The number of para-hydroxylation sites is 1. The number of hydrogen-bond donors (Lipinski definition) is 2. The number of benzene rings is 2. The van der Waals surface area contributed by atoms with Crippen molar-refractivity contribution in [3.63, 3.8) is 0 Å². The lowest BCUT2D eigenvalue weighted by Gasteiger charge is -2.29. The lowest BCUT2D eigenvalue weighted by Crippen LogP contribution is -2.31. The van der Waals surface area contributed by atoms with Gasteiger partial charge in [0.1, 0.15) is 17.3 Å². The minimum Gasteiger partial charge on any atom is -0.494 e. The third-order valence-electron chi connectivity index (χ3n) is 6.58. The first kappa shape index (κ1) is 25.0. The summed E-state index contributed by atoms with van der Waals surface area (Å²) in [4.78, 5) is 11.6. The van der Waals surface area contributed by atoms with Crippen molar-refractivity contribution in [1.82, 2.24) is 15.3 Å². The fourth-order valence-electron chi connectivity index (χ4n) is 4.80. The standard InChI is InChI=1S/C28H39N5O2/c1-5-34-23-16-13-21(26(17-23)35-6-2)19-29-18-20-11-14-22(15-12-20)30-28-31-25-10-8-7-9-24(25)27(32-28)33(3)4/h7-10,13,16-17,20,22,29H,5-6,11-12,14-15,18-19H2,1-4H3,(H,30,31,32)/t20-,22+. The van der Waals surface area contributed by atoms with E-state index in [0.29, 0.717) is 25.2 Å². The highest BCUT2D eigenvalue weighted by atomic mass is 16.5.